The molecule has 3 nitrogen and oxygen atoms in total. The van der Waals surface area contributed by atoms with E-state index in [-0.39, 0.29) is 0 Å². The van der Waals surface area contributed by atoms with Crippen molar-refractivity contribution in [2.75, 3.05) is 18.2 Å². The Labute approximate surface area is 115 Å². The largest absolute Gasteiger partial charge is 0.497 e. The van der Waals surface area contributed by atoms with E-state index in [9.17, 15) is 0 Å². The van der Waals surface area contributed by atoms with E-state index in [0.29, 0.717) is 32.9 Å². The summed E-state index contributed by atoms with van der Waals surface area (Å²) in [6, 6.07) is 10.7. The van der Waals surface area contributed by atoms with Gasteiger partial charge >= 0.3 is 0 Å². The highest BCUT2D eigenvalue weighted by molar-refractivity contribution is 6.34. The first-order chi connectivity index (χ1) is 8.61. The Hall–Kier alpha value is -1.58. The highest BCUT2D eigenvalue weighted by atomic mass is 35.5. The van der Waals surface area contributed by atoms with Crippen LogP contribution in [0.4, 0.5) is 17.1 Å². The van der Waals surface area contributed by atoms with Gasteiger partial charge in [-0.1, -0.05) is 29.3 Å². The van der Waals surface area contributed by atoms with Gasteiger partial charge in [0.2, 0.25) is 0 Å². The van der Waals surface area contributed by atoms with Crippen LogP contribution in [0.3, 0.4) is 0 Å². The minimum absolute atomic E-state index is 0.484. The Bertz CT molecular complexity index is 573. The van der Waals surface area contributed by atoms with Crippen LogP contribution in [0, 0.1) is 0 Å². The van der Waals surface area contributed by atoms with Crippen LogP contribution in [0.5, 0.6) is 5.75 Å². The maximum Gasteiger partial charge on any atom is 0.121 e. The highest BCUT2D eigenvalue weighted by Gasteiger charge is 2.07. The first-order valence-electron chi connectivity index (χ1n) is 5.26. The number of rotatable bonds is 3. The summed E-state index contributed by atoms with van der Waals surface area (Å²) in [4.78, 5) is 0. The molecular weight excluding hydrogens is 271 g/mol. The molecule has 0 radical (unpaired) electrons. The third-order valence-electron chi connectivity index (χ3n) is 2.50. The number of hydrogen-bond acceptors (Lipinski definition) is 3. The second-order valence-electron chi connectivity index (χ2n) is 3.67. The predicted octanol–water partition coefficient (Wildman–Crippen LogP) is 4.33. The zero-order valence-corrected chi connectivity index (χ0v) is 11.2. The molecule has 0 aromatic heterocycles. The molecule has 0 bridgehead atoms. The number of methoxy groups -OCH3 is 1. The number of para-hydroxylation sites is 1. The van der Waals surface area contributed by atoms with Crippen LogP contribution in [-0.4, -0.2) is 7.11 Å². The maximum absolute atomic E-state index is 6.10. The van der Waals surface area contributed by atoms with Crippen LogP contribution >= 0.6 is 23.2 Å². The molecule has 0 spiro atoms. The average Bonchev–Trinajstić information content (AvgIpc) is 2.37. The molecule has 5 heteroatoms. The molecule has 0 heterocycles. The van der Waals surface area contributed by atoms with Crippen LogP contribution < -0.4 is 15.8 Å². The molecule has 0 aliphatic heterocycles. The Kier molecular flexibility index (Phi) is 3.84. The monoisotopic (exact) mass is 282 g/mol. The van der Waals surface area contributed by atoms with Gasteiger partial charge in [0, 0.05) is 6.07 Å². The Morgan fingerprint density at radius 1 is 1.06 bits per heavy atom. The number of hydrogen-bond donors (Lipinski definition) is 2. The van der Waals surface area contributed by atoms with E-state index in [1.165, 1.54) is 0 Å². The fourth-order valence-electron chi connectivity index (χ4n) is 1.52. The molecule has 0 aliphatic carbocycles. The van der Waals surface area contributed by atoms with Gasteiger partial charge in [0.15, 0.2) is 0 Å². The molecule has 0 aliphatic rings. The molecule has 2 aromatic rings. The summed E-state index contributed by atoms with van der Waals surface area (Å²) in [5, 5.41) is 4.21. The number of anilines is 3. The quantitative estimate of drug-likeness (QED) is 0.824. The summed E-state index contributed by atoms with van der Waals surface area (Å²) < 4.78 is 5.15. The van der Waals surface area contributed by atoms with E-state index in [1.54, 1.807) is 31.4 Å². The summed E-state index contributed by atoms with van der Waals surface area (Å²) in [5.41, 5.74) is 7.79. The van der Waals surface area contributed by atoms with Crippen molar-refractivity contribution in [1.29, 1.82) is 0 Å². The zero-order chi connectivity index (χ0) is 13.1. The number of nitrogens with two attached hydrogens (primary N) is 1. The fraction of sp³-hybridized carbons (Fsp3) is 0.0769. The van der Waals surface area contributed by atoms with E-state index in [0.717, 1.165) is 0 Å². The number of halogens is 2. The standard InChI is InChI=1S/C13H12Cl2N2O/c1-18-8-5-6-9(14)12(7-8)17-11-4-2-3-10(15)13(11)16/h2-7,17H,16H2,1H3. The van der Waals surface area contributed by atoms with Gasteiger partial charge in [-0.2, -0.15) is 0 Å². The first kappa shape index (κ1) is 12.9. The van der Waals surface area contributed by atoms with Gasteiger partial charge in [-0.25, -0.2) is 0 Å². The SMILES string of the molecule is COc1ccc(Cl)c(Nc2cccc(Cl)c2N)c1. The minimum Gasteiger partial charge on any atom is -0.497 e. The van der Waals surface area contributed by atoms with Gasteiger partial charge in [-0.3, -0.25) is 0 Å². The van der Waals surface area contributed by atoms with Crippen LogP contribution in [-0.2, 0) is 0 Å². The Morgan fingerprint density at radius 2 is 1.83 bits per heavy atom. The molecule has 94 valence electrons. The minimum atomic E-state index is 0.484. The summed E-state index contributed by atoms with van der Waals surface area (Å²) in [5.74, 6) is 0.711. The van der Waals surface area contributed by atoms with Crippen molar-refractivity contribution in [3.05, 3.63) is 46.4 Å². The molecule has 0 unspecified atom stereocenters. The van der Waals surface area contributed by atoms with Gasteiger partial charge in [-0.15, -0.1) is 0 Å². The smallest absolute Gasteiger partial charge is 0.121 e. The van der Waals surface area contributed by atoms with Crippen LogP contribution in [0.1, 0.15) is 0 Å². The molecule has 0 fully saturated rings. The maximum atomic E-state index is 6.10. The third kappa shape index (κ3) is 2.63. The van der Waals surface area contributed by atoms with Crippen molar-refractivity contribution < 1.29 is 4.74 Å². The summed E-state index contributed by atoms with van der Waals surface area (Å²) >= 11 is 12.1. The van der Waals surface area contributed by atoms with Crippen molar-refractivity contribution in [2.24, 2.45) is 0 Å². The van der Waals surface area contributed by atoms with Gasteiger partial charge in [0.05, 0.1) is 34.2 Å². The second kappa shape index (κ2) is 5.38. The van der Waals surface area contributed by atoms with Crippen molar-refractivity contribution in [3.63, 3.8) is 0 Å². The summed E-state index contributed by atoms with van der Waals surface area (Å²) in [7, 11) is 1.60. The lowest BCUT2D eigenvalue weighted by atomic mass is 10.2. The van der Waals surface area contributed by atoms with Gasteiger partial charge < -0.3 is 15.8 Å². The lowest BCUT2D eigenvalue weighted by Crippen LogP contribution is -1.97. The normalized spacial score (nSPS) is 10.2. The van der Waals surface area contributed by atoms with E-state index >= 15 is 0 Å². The average molecular weight is 283 g/mol. The number of nitrogens with one attached hydrogen (secondary N) is 1. The van der Waals surface area contributed by atoms with Crippen LogP contribution in [0.15, 0.2) is 36.4 Å². The van der Waals surface area contributed by atoms with E-state index in [1.807, 2.05) is 12.1 Å². The molecule has 0 saturated carbocycles. The van der Waals surface area contributed by atoms with Crippen molar-refractivity contribution in [3.8, 4) is 5.75 Å². The molecule has 18 heavy (non-hydrogen) atoms. The molecule has 2 aromatic carbocycles. The lowest BCUT2D eigenvalue weighted by molar-refractivity contribution is 0.415. The molecule has 0 atom stereocenters. The van der Waals surface area contributed by atoms with Crippen molar-refractivity contribution >= 4 is 40.3 Å². The van der Waals surface area contributed by atoms with Gasteiger partial charge in [0.25, 0.3) is 0 Å². The lowest BCUT2D eigenvalue weighted by Gasteiger charge is -2.12. The number of benzene rings is 2. The van der Waals surface area contributed by atoms with Crippen LogP contribution in [0.2, 0.25) is 10.0 Å². The highest BCUT2D eigenvalue weighted by Crippen LogP contribution is 2.33. The van der Waals surface area contributed by atoms with Gasteiger partial charge in [0.1, 0.15) is 5.75 Å². The second-order valence-corrected chi connectivity index (χ2v) is 4.49. The van der Waals surface area contributed by atoms with Crippen LogP contribution in [0.25, 0.3) is 0 Å². The topological polar surface area (TPSA) is 47.3 Å². The zero-order valence-electron chi connectivity index (χ0n) is 9.71. The van der Waals surface area contributed by atoms with Crippen molar-refractivity contribution in [2.45, 2.75) is 0 Å². The number of nitrogen functional groups attached to an aromatic ring is 1. The predicted molar refractivity (Wildman–Crippen MR) is 77.2 cm³/mol. The van der Waals surface area contributed by atoms with E-state index in [4.69, 9.17) is 33.7 Å². The third-order valence-corrected chi connectivity index (χ3v) is 3.15. The molecule has 3 N–H and O–H groups in total. The molecule has 0 saturated heterocycles. The summed E-state index contributed by atoms with van der Waals surface area (Å²) in [6.45, 7) is 0. The first-order valence-corrected chi connectivity index (χ1v) is 6.02. The van der Waals surface area contributed by atoms with E-state index < -0.39 is 0 Å². The Morgan fingerprint density at radius 3 is 2.56 bits per heavy atom. The van der Waals surface area contributed by atoms with Crippen molar-refractivity contribution in [1.82, 2.24) is 0 Å². The van der Waals surface area contributed by atoms with E-state index in [2.05, 4.69) is 5.32 Å². The Balaban J connectivity index is 2.36. The summed E-state index contributed by atoms with van der Waals surface area (Å²) in [6.07, 6.45) is 0. The molecular formula is C13H12Cl2N2O. The molecule has 0 amide bonds. The molecule has 2 rings (SSSR count). The number of ether oxygens (including phenoxy) is 1. The van der Waals surface area contributed by atoms with Gasteiger partial charge in [-0.05, 0) is 24.3 Å². The fourth-order valence-corrected chi connectivity index (χ4v) is 1.86.